The van der Waals surface area contributed by atoms with Gasteiger partial charge in [-0.3, -0.25) is 4.79 Å². The van der Waals surface area contributed by atoms with Crippen molar-refractivity contribution in [3.05, 3.63) is 48.3 Å². The zero-order valence-corrected chi connectivity index (χ0v) is 15.9. The molecule has 0 spiro atoms. The minimum Gasteiger partial charge on any atom is -0.384 e. The summed E-state index contributed by atoms with van der Waals surface area (Å²) in [5, 5.41) is 10.8. The zero-order chi connectivity index (χ0) is 17.5. The number of carbonyl (C=O) groups excluding carboxylic acids is 1. The molecule has 26 heavy (non-hydrogen) atoms. The predicted molar refractivity (Wildman–Crippen MR) is 104 cm³/mol. The molecule has 0 radical (unpaired) electrons. The fraction of sp³-hybridized carbons (Fsp3) is 0.474. The average molecular weight is 379 g/mol. The summed E-state index contributed by atoms with van der Waals surface area (Å²) in [6, 6.07) is 9.89. The van der Waals surface area contributed by atoms with Crippen LogP contribution in [-0.4, -0.2) is 49.0 Å². The van der Waals surface area contributed by atoms with Crippen molar-refractivity contribution in [1.82, 2.24) is 20.4 Å². The maximum Gasteiger partial charge on any atom is 0.224 e. The van der Waals surface area contributed by atoms with Gasteiger partial charge in [0, 0.05) is 25.3 Å². The summed E-state index contributed by atoms with van der Waals surface area (Å²) in [4.78, 5) is 12.3. The van der Waals surface area contributed by atoms with Crippen molar-refractivity contribution in [1.29, 1.82) is 0 Å². The maximum absolute atomic E-state index is 12.3. The Labute approximate surface area is 160 Å². The number of ether oxygens (including phenoxy) is 1. The van der Waals surface area contributed by atoms with E-state index in [0.29, 0.717) is 19.6 Å². The number of amides is 1. The number of carbonyl (C=O) groups is 1. The average Bonchev–Trinajstić information content (AvgIpc) is 3.10. The van der Waals surface area contributed by atoms with E-state index in [1.54, 1.807) is 18.0 Å². The number of para-hydroxylation sites is 1. The molecule has 0 saturated carbocycles. The summed E-state index contributed by atoms with van der Waals surface area (Å²) in [6.07, 6.45) is 6.04. The van der Waals surface area contributed by atoms with Gasteiger partial charge < -0.3 is 15.4 Å². The number of rotatable bonds is 7. The molecule has 0 aliphatic carbocycles. The molecule has 1 aliphatic heterocycles. The Morgan fingerprint density at radius 3 is 2.73 bits per heavy atom. The lowest BCUT2D eigenvalue weighted by atomic mass is 9.79. The molecule has 1 aromatic carbocycles. The molecule has 1 aromatic heterocycles. The van der Waals surface area contributed by atoms with E-state index in [4.69, 9.17) is 4.74 Å². The van der Waals surface area contributed by atoms with Gasteiger partial charge in [-0.2, -0.15) is 5.10 Å². The number of aromatic nitrogens is 2. The molecule has 6 nitrogen and oxygen atoms in total. The quantitative estimate of drug-likeness (QED) is 0.773. The van der Waals surface area contributed by atoms with E-state index < -0.39 is 0 Å². The van der Waals surface area contributed by atoms with Gasteiger partial charge >= 0.3 is 0 Å². The Hall–Kier alpha value is -1.89. The zero-order valence-electron chi connectivity index (χ0n) is 15.1. The lowest BCUT2D eigenvalue weighted by molar-refractivity contribution is -0.121. The number of piperidine rings is 1. The monoisotopic (exact) mass is 378 g/mol. The van der Waals surface area contributed by atoms with Gasteiger partial charge in [-0.1, -0.05) is 18.2 Å². The van der Waals surface area contributed by atoms with E-state index in [9.17, 15) is 4.79 Å². The van der Waals surface area contributed by atoms with Crippen LogP contribution in [0, 0.1) is 5.41 Å². The summed E-state index contributed by atoms with van der Waals surface area (Å²) in [6.45, 7) is 3.29. The third-order valence-electron chi connectivity index (χ3n) is 4.80. The van der Waals surface area contributed by atoms with E-state index in [1.807, 2.05) is 36.5 Å². The van der Waals surface area contributed by atoms with Crippen molar-refractivity contribution in [2.75, 3.05) is 33.4 Å². The van der Waals surface area contributed by atoms with Crippen LogP contribution >= 0.6 is 12.4 Å². The molecule has 2 aromatic rings. The highest BCUT2D eigenvalue weighted by atomic mass is 35.5. The first-order valence-corrected chi connectivity index (χ1v) is 8.76. The standard InChI is InChI=1S/C19H26N4O2.ClH/c1-25-15-19(7-9-20-10-8-19)14-21-18(24)11-16-12-22-23(13-16)17-5-3-2-4-6-17;/h2-6,12-13,20H,7-11,14-15H2,1H3,(H,21,24);1H. The Morgan fingerprint density at radius 2 is 2.04 bits per heavy atom. The second kappa shape index (κ2) is 9.71. The molecule has 2 N–H and O–H groups in total. The van der Waals surface area contributed by atoms with Gasteiger partial charge in [0.25, 0.3) is 0 Å². The van der Waals surface area contributed by atoms with Gasteiger partial charge in [-0.05, 0) is 43.6 Å². The van der Waals surface area contributed by atoms with E-state index in [-0.39, 0.29) is 23.7 Å². The highest BCUT2D eigenvalue weighted by Gasteiger charge is 2.32. The maximum atomic E-state index is 12.3. The summed E-state index contributed by atoms with van der Waals surface area (Å²) in [5.41, 5.74) is 1.94. The third kappa shape index (κ3) is 5.30. The normalized spacial score (nSPS) is 15.9. The molecule has 7 heteroatoms. The number of hydrogen-bond donors (Lipinski definition) is 2. The summed E-state index contributed by atoms with van der Waals surface area (Å²) in [7, 11) is 1.73. The summed E-state index contributed by atoms with van der Waals surface area (Å²) < 4.78 is 7.19. The molecule has 1 fully saturated rings. The number of methoxy groups -OCH3 is 1. The first kappa shape index (κ1) is 20.4. The molecule has 1 aliphatic rings. The van der Waals surface area contributed by atoms with Gasteiger partial charge in [0.15, 0.2) is 0 Å². The van der Waals surface area contributed by atoms with Crippen molar-refractivity contribution >= 4 is 18.3 Å². The Balaban J connectivity index is 0.00000243. The Morgan fingerprint density at radius 1 is 1.31 bits per heavy atom. The molecule has 0 unspecified atom stereocenters. The smallest absolute Gasteiger partial charge is 0.224 e. The van der Waals surface area contributed by atoms with Crippen LogP contribution in [0.25, 0.3) is 5.69 Å². The lowest BCUT2D eigenvalue weighted by Crippen LogP contribution is -2.47. The van der Waals surface area contributed by atoms with Gasteiger partial charge in [0.1, 0.15) is 0 Å². The number of nitrogens with zero attached hydrogens (tertiary/aromatic N) is 2. The molecule has 3 rings (SSSR count). The molecule has 142 valence electrons. The largest absolute Gasteiger partial charge is 0.384 e. The van der Waals surface area contributed by atoms with Crippen LogP contribution < -0.4 is 10.6 Å². The molecule has 0 bridgehead atoms. The van der Waals surface area contributed by atoms with E-state index in [2.05, 4.69) is 15.7 Å². The topological polar surface area (TPSA) is 68.2 Å². The summed E-state index contributed by atoms with van der Waals surface area (Å²) >= 11 is 0. The fourth-order valence-electron chi connectivity index (χ4n) is 3.34. The molecule has 2 heterocycles. The van der Waals surface area contributed by atoms with Crippen molar-refractivity contribution < 1.29 is 9.53 Å². The predicted octanol–water partition coefficient (Wildman–Crippen LogP) is 1.97. The van der Waals surface area contributed by atoms with Crippen LogP contribution in [0.3, 0.4) is 0 Å². The highest BCUT2D eigenvalue weighted by Crippen LogP contribution is 2.28. The second-order valence-corrected chi connectivity index (χ2v) is 6.77. The van der Waals surface area contributed by atoms with Crippen molar-refractivity contribution in [3.8, 4) is 5.69 Å². The number of halogens is 1. The molecule has 0 atom stereocenters. The van der Waals surface area contributed by atoms with Crippen LogP contribution in [-0.2, 0) is 16.0 Å². The van der Waals surface area contributed by atoms with Gasteiger partial charge in [-0.15, -0.1) is 12.4 Å². The second-order valence-electron chi connectivity index (χ2n) is 6.77. The van der Waals surface area contributed by atoms with E-state index in [1.165, 1.54) is 0 Å². The minimum absolute atomic E-state index is 0. The van der Waals surface area contributed by atoms with Gasteiger partial charge in [0.2, 0.25) is 5.91 Å². The Kier molecular flexibility index (Phi) is 7.63. The number of hydrogen-bond acceptors (Lipinski definition) is 4. The first-order chi connectivity index (χ1) is 12.2. The Bertz CT molecular complexity index is 678. The lowest BCUT2D eigenvalue weighted by Gasteiger charge is -2.37. The number of nitrogens with one attached hydrogen (secondary N) is 2. The third-order valence-corrected chi connectivity index (χ3v) is 4.80. The molecule has 1 amide bonds. The van der Waals surface area contributed by atoms with Crippen molar-refractivity contribution in [2.45, 2.75) is 19.3 Å². The van der Waals surface area contributed by atoms with Crippen LogP contribution in [0.1, 0.15) is 18.4 Å². The molecule has 1 saturated heterocycles. The van der Waals surface area contributed by atoms with Crippen LogP contribution in [0.4, 0.5) is 0 Å². The number of benzene rings is 1. The fourth-order valence-corrected chi connectivity index (χ4v) is 3.34. The summed E-state index contributed by atoms with van der Waals surface area (Å²) in [5.74, 6) is 0.0293. The highest BCUT2D eigenvalue weighted by molar-refractivity contribution is 5.85. The first-order valence-electron chi connectivity index (χ1n) is 8.76. The van der Waals surface area contributed by atoms with E-state index in [0.717, 1.165) is 37.2 Å². The van der Waals surface area contributed by atoms with Gasteiger partial charge in [-0.25, -0.2) is 4.68 Å². The SMILES string of the molecule is COCC1(CNC(=O)Cc2cnn(-c3ccccc3)c2)CCNCC1.Cl. The molecular formula is C19H27ClN4O2. The molecular weight excluding hydrogens is 352 g/mol. The van der Waals surface area contributed by atoms with Gasteiger partial charge in [0.05, 0.1) is 24.9 Å². The minimum atomic E-state index is 0. The van der Waals surface area contributed by atoms with Crippen LogP contribution in [0.5, 0.6) is 0 Å². The van der Waals surface area contributed by atoms with Crippen molar-refractivity contribution in [2.24, 2.45) is 5.41 Å². The van der Waals surface area contributed by atoms with E-state index >= 15 is 0 Å². The van der Waals surface area contributed by atoms with Crippen molar-refractivity contribution in [3.63, 3.8) is 0 Å². The van der Waals surface area contributed by atoms with Crippen LogP contribution in [0.15, 0.2) is 42.7 Å². The van der Waals surface area contributed by atoms with Crippen LogP contribution in [0.2, 0.25) is 0 Å².